The molecular weight excluding hydrogens is 338 g/mol. The smallest absolute Gasteiger partial charge is 0.178 e. The molecule has 0 aromatic heterocycles. The van der Waals surface area contributed by atoms with Crippen LogP contribution >= 0.6 is 0 Å². The lowest BCUT2D eigenvalue weighted by atomic mass is 9.83. The van der Waals surface area contributed by atoms with Gasteiger partial charge in [-0.15, -0.1) is 0 Å². The van der Waals surface area contributed by atoms with Gasteiger partial charge < -0.3 is 14.7 Å². The first kappa shape index (κ1) is 18.1. The van der Waals surface area contributed by atoms with Crippen molar-refractivity contribution in [3.05, 3.63) is 40.5 Å². The molecule has 0 unspecified atom stereocenters. The Morgan fingerprint density at radius 3 is 2.93 bits per heavy atom. The van der Waals surface area contributed by atoms with E-state index in [4.69, 9.17) is 4.74 Å². The highest BCUT2D eigenvalue weighted by Gasteiger charge is 2.35. The van der Waals surface area contributed by atoms with Gasteiger partial charge in [0.1, 0.15) is 11.5 Å². The maximum Gasteiger partial charge on any atom is 0.178 e. The van der Waals surface area contributed by atoms with E-state index in [0.717, 1.165) is 42.3 Å². The Hall–Kier alpha value is -2.23. The fraction of sp³-hybridized carbons (Fsp3) is 0.522. The van der Waals surface area contributed by atoms with Gasteiger partial charge in [-0.2, -0.15) is 0 Å². The van der Waals surface area contributed by atoms with Gasteiger partial charge in [0.25, 0.3) is 0 Å². The summed E-state index contributed by atoms with van der Waals surface area (Å²) in [4.78, 5) is 14.2. The standard InChI is InChI=1S/C23H29NO3/c1-15(2)6-5-11-27-17-9-10-18-19-7-3-4-8-21(19)24-14-16(25)12-22(26)23(24)20(18)13-17/h9-10,12-13,15,21,26H,3-8,11,14H2,1-2H3/t21-/m0/s1. The first-order chi connectivity index (χ1) is 13.0. The van der Waals surface area contributed by atoms with Crippen molar-refractivity contribution in [2.75, 3.05) is 13.2 Å². The molecule has 1 saturated carbocycles. The number of fused-ring (bicyclic) bond motifs is 4. The van der Waals surface area contributed by atoms with Crippen molar-refractivity contribution in [1.29, 1.82) is 0 Å². The molecule has 1 aromatic rings. The Morgan fingerprint density at radius 2 is 2.11 bits per heavy atom. The van der Waals surface area contributed by atoms with Crippen molar-refractivity contribution in [2.24, 2.45) is 5.92 Å². The molecule has 27 heavy (non-hydrogen) atoms. The average Bonchev–Trinajstić information content (AvgIpc) is 2.64. The van der Waals surface area contributed by atoms with Crippen molar-refractivity contribution in [3.8, 4) is 5.75 Å². The van der Waals surface area contributed by atoms with Gasteiger partial charge in [0.15, 0.2) is 5.78 Å². The Morgan fingerprint density at radius 1 is 1.26 bits per heavy atom. The summed E-state index contributed by atoms with van der Waals surface area (Å²) < 4.78 is 5.99. The number of aliphatic hydroxyl groups excluding tert-OH is 1. The van der Waals surface area contributed by atoms with Crippen LogP contribution in [0.3, 0.4) is 0 Å². The molecule has 4 heteroatoms. The molecule has 0 bridgehead atoms. The predicted molar refractivity (Wildman–Crippen MR) is 107 cm³/mol. The normalized spacial score (nSPS) is 21.6. The van der Waals surface area contributed by atoms with Gasteiger partial charge in [-0.05, 0) is 60.9 Å². The van der Waals surface area contributed by atoms with Gasteiger partial charge in [0.05, 0.1) is 24.9 Å². The molecule has 1 atom stereocenters. The van der Waals surface area contributed by atoms with Crippen LogP contribution in [0.25, 0.3) is 11.3 Å². The number of ether oxygens (including phenoxy) is 1. The van der Waals surface area contributed by atoms with Gasteiger partial charge in [0, 0.05) is 11.3 Å². The maximum atomic E-state index is 12.1. The molecule has 1 aliphatic carbocycles. The van der Waals surface area contributed by atoms with Gasteiger partial charge in [-0.25, -0.2) is 0 Å². The molecule has 0 spiro atoms. The van der Waals surface area contributed by atoms with E-state index in [2.05, 4.69) is 30.9 Å². The molecule has 4 rings (SSSR count). The van der Waals surface area contributed by atoms with Crippen LogP contribution in [0.1, 0.15) is 52.4 Å². The number of nitrogens with zero attached hydrogens (tertiary/aromatic N) is 1. The molecule has 2 aliphatic heterocycles. The van der Waals surface area contributed by atoms with E-state index in [9.17, 15) is 9.90 Å². The number of carbonyl (C=O) groups excluding carboxylic acids is 1. The summed E-state index contributed by atoms with van der Waals surface area (Å²) in [6, 6.07) is 6.48. The van der Waals surface area contributed by atoms with E-state index in [-0.39, 0.29) is 17.6 Å². The number of aliphatic hydroxyl groups is 1. The quantitative estimate of drug-likeness (QED) is 0.813. The van der Waals surface area contributed by atoms with Crippen molar-refractivity contribution >= 4 is 17.1 Å². The van der Waals surface area contributed by atoms with Crippen molar-refractivity contribution in [2.45, 2.75) is 58.4 Å². The van der Waals surface area contributed by atoms with E-state index >= 15 is 0 Å². The van der Waals surface area contributed by atoms with E-state index in [1.807, 2.05) is 6.07 Å². The predicted octanol–water partition coefficient (Wildman–Crippen LogP) is 3.04. The molecule has 3 aliphatic rings. The van der Waals surface area contributed by atoms with Crippen LogP contribution in [0.4, 0.5) is 0 Å². The van der Waals surface area contributed by atoms with E-state index < -0.39 is 0 Å². The van der Waals surface area contributed by atoms with Gasteiger partial charge in [-0.1, -0.05) is 26.3 Å². The van der Waals surface area contributed by atoms with Crippen molar-refractivity contribution < 1.29 is 14.6 Å². The van der Waals surface area contributed by atoms with Crippen LogP contribution in [0.2, 0.25) is 0 Å². The number of rotatable bonds is 5. The zero-order valence-corrected chi connectivity index (χ0v) is 16.3. The number of benzene rings is 1. The molecule has 0 amide bonds. The first-order valence-corrected chi connectivity index (χ1v) is 10.3. The SMILES string of the molecule is CC(C)CCCOc1ccc2c(c1)=C1C(O)=CC(=O)CN1[C@H]1CCCCC=21. The third-order valence-electron chi connectivity index (χ3n) is 5.89. The third-order valence-corrected chi connectivity index (χ3v) is 5.89. The number of hydrogen-bond acceptors (Lipinski definition) is 4. The van der Waals surface area contributed by atoms with Crippen molar-refractivity contribution in [3.63, 3.8) is 0 Å². The summed E-state index contributed by atoms with van der Waals surface area (Å²) >= 11 is 0. The molecule has 1 fully saturated rings. The van der Waals surface area contributed by atoms with Crippen LogP contribution < -0.4 is 15.2 Å². The fourth-order valence-corrected chi connectivity index (χ4v) is 4.64. The molecule has 0 radical (unpaired) electrons. The molecular formula is C23H29NO3. The maximum absolute atomic E-state index is 12.1. The summed E-state index contributed by atoms with van der Waals surface area (Å²) in [5, 5.41) is 12.8. The first-order valence-electron chi connectivity index (χ1n) is 10.3. The minimum absolute atomic E-state index is 0.0225. The Labute approximate surface area is 160 Å². The molecule has 2 heterocycles. The third kappa shape index (κ3) is 3.50. The molecule has 1 aromatic carbocycles. The number of carbonyl (C=O) groups is 1. The minimum atomic E-state index is -0.0225. The minimum Gasteiger partial charge on any atom is -0.506 e. The van der Waals surface area contributed by atoms with Gasteiger partial charge >= 0.3 is 0 Å². The highest BCUT2D eigenvalue weighted by atomic mass is 16.5. The monoisotopic (exact) mass is 367 g/mol. The molecule has 144 valence electrons. The largest absolute Gasteiger partial charge is 0.506 e. The van der Waals surface area contributed by atoms with E-state index in [1.54, 1.807) is 0 Å². The zero-order chi connectivity index (χ0) is 19.0. The van der Waals surface area contributed by atoms with Crippen LogP contribution in [-0.4, -0.2) is 35.0 Å². The molecule has 4 nitrogen and oxygen atoms in total. The summed E-state index contributed by atoms with van der Waals surface area (Å²) in [5.74, 6) is 1.59. The highest BCUT2D eigenvalue weighted by Crippen LogP contribution is 2.35. The molecule has 1 N–H and O–H groups in total. The van der Waals surface area contributed by atoms with Crippen LogP contribution in [0.5, 0.6) is 5.75 Å². The van der Waals surface area contributed by atoms with Crippen LogP contribution in [0.15, 0.2) is 30.0 Å². The lowest BCUT2D eigenvalue weighted by Gasteiger charge is -2.42. The van der Waals surface area contributed by atoms with Gasteiger partial charge in [-0.3, -0.25) is 4.79 Å². The second kappa shape index (κ2) is 7.41. The van der Waals surface area contributed by atoms with Crippen LogP contribution in [-0.2, 0) is 4.79 Å². The number of ketones is 1. The topological polar surface area (TPSA) is 49.8 Å². The average molecular weight is 367 g/mol. The summed E-state index contributed by atoms with van der Waals surface area (Å²) in [7, 11) is 0. The summed E-state index contributed by atoms with van der Waals surface area (Å²) in [6.45, 7) is 5.50. The second-order valence-corrected chi connectivity index (χ2v) is 8.35. The summed E-state index contributed by atoms with van der Waals surface area (Å²) in [5.41, 5.74) is 2.21. The lowest BCUT2D eigenvalue weighted by Crippen LogP contribution is -2.52. The van der Waals surface area contributed by atoms with Gasteiger partial charge in [0.2, 0.25) is 0 Å². The Bertz CT molecular complexity index is 897. The second-order valence-electron chi connectivity index (χ2n) is 8.35. The number of hydrogen-bond donors (Lipinski definition) is 1. The zero-order valence-electron chi connectivity index (χ0n) is 16.3. The van der Waals surface area contributed by atoms with Crippen LogP contribution in [0, 0.1) is 5.92 Å². The lowest BCUT2D eigenvalue weighted by molar-refractivity contribution is -0.115. The van der Waals surface area contributed by atoms with E-state index in [0.29, 0.717) is 19.1 Å². The van der Waals surface area contributed by atoms with E-state index in [1.165, 1.54) is 29.7 Å². The Balaban J connectivity index is 1.76. The Kier molecular flexibility index (Phi) is 4.98. The fourth-order valence-electron chi connectivity index (χ4n) is 4.64. The molecule has 0 saturated heterocycles. The summed E-state index contributed by atoms with van der Waals surface area (Å²) in [6.07, 6.45) is 8.04. The van der Waals surface area contributed by atoms with Crippen molar-refractivity contribution in [1.82, 2.24) is 4.90 Å². The highest BCUT2D eigenvalue weighted by molar-refractivity contribution is 5.97.